The highest BCUT2D eigenvalue weighted by atomic mass is 32.2. The first-order valence-corrected chi connectivity index (χ1v) is 7.51. The van der Waals surface area contributed by atoms with Crippen LogP contribution >= 0.6 is 0 Å². The first-order valence-electron chi connectivity index (χ1n) is 5.62. The molecule has 1 aromatic heterocycles. The lowest BCUT2D eigenvalue weighted by molar-refractivity contribution is 0.475. The van der Waals surface area contributed by atoms with Crippen molar-refractivity contribution < 1.29 is 8.42 Å². The van der Waals surface area contributed by atoms with Gasteiger partial charge in [-0.2, -0.15) is 0 Å². The van der Waals surface area contributed by atoms with E-state index < -0.39 is 15.6 Å². The Morgan fingerprint density at radius 2 is 1.89 bits per heavy atom. The van der Waals surface area contributed by atoms with Gasteiger partial charge in [0, 0.05) is 12.1 Å². The highest BCUT2D eigenvalue weighted by molar-refractivity contribution is 7.88. The SMILES string of the molecule is Cc1ncc(NCC(C)(C)NS(C)(=O)=O)nc1C. The maximum Gasteiger partial charge on any atom is 0.209 e. The smallest absolute Gasteiger partial charge is 0.209 e. The number of nitrogens with zero attached hydrogens (tertiary/aromatic N) is 2. The second-order valence-corrected chi connectivity index (χ2v) is 6.79. The molecule has 102 valence electrons. The lowest BCUT2D eigenvalue weighted by Crippen LogP contribution is -2.47. The fourth-order valence-electron chi connectivity index (χ4n) is 1.48. The molecule has 7 heteroatoms. The van der Waals surface area contributed by atoms with Gasteiger partial charge < -0.3 is 5.32 Å². The van der Waals surface area contributed by atoms with Crippen LogP contribution < -0.4 is 10.0 Å². The van der Waals surface area contributed by atoms with Gasteiger partial charge in [-0.05, 0) is 27.7 Å². The number of anilines is 1. The van der Waals surface area contributed by atoms with Gasteiger partial charge in [0.1, 0.15) is 5.82 Å². The Morgan fingerprint density at radius 1 is 1.28 bits per heavy atom. The first kappa shape index (κ1) is 14.8. The van der Waals surface area contributed by atoms with Crippen molar-refractivity contribution in [2.24, 2.45) is 0 Å². The van der Waals surface area contributed by atoms with Crippen molar-refractivity contribution in [1.82, 2.24) is 14.7 Å². The molecule has 18 heavy (non-hydrogen) atoms. The van der Waals surface area contributed by atoms with Crippen LogP contribution in [0.1, 0.15) is 25.2 Å². The lowest BCUT2D eigenvalue weighted by atomic mass is 10.1. The molecule has 6 nitrogen and oxygen atoms in total. The van der Waals surface area contributed by atoms with E-state index in [0.29, 0.717) is 12.4 Å². The highest BCUT2D eigenvalue weighted by Crippen LogP contribution is 2.09. The zero-order valence-electron chi connectivity index (χ0n) is 11.4. The predicted molar refractivity (Wildman–Crippen MR) is 72.1 cm³/mol. The maximum absolute atomic E-state index is 11.2. The van der Waals surface area contributed by atoms with Crippen molar-refractivity contribution in [2.75, 3.05) is 18.1 Å². The third-order valence-electron chi connectivity index (χ3n) is 2.37. The Bertz CT molecular complexity index is 526. The third-order valence-corrected chi connectivity index (χ3v) is 3.29. The minimum atomic E-state index is -3.23. The predicted octanol–water partition coefficient (Wildman–Crippen LogP) is 0.833. The van der Waals surface area contributed by atoms with Gasteiger partial charge in [-0.25, -0.2) is 18.1 Å². The average Bonchev–Trinajstić information content (AvgIpc) is 2.16. The van der Waals surface area contributed by atoms with E-state index in [2.05, 4.69) is 20.0 Å². The fraction of sp³-hybridized carbons (Fsp3) is 0.636. The largest absolute Gasteiger partial charge is 0.367 e. The molecular weight excluding hydrogens is 252 g/mol. The summed E-state index contributed by atoms with van der Waals surface area (Å²) in [4.78, 5) is 8.51. The zero-order chi connectivity index (χ0) is 14.0. The summed E-state index contributed by atoms with van der Waals surface area (Å²) in [5.41, 5.74) is 1.15. The van der Waals surface area contributed by atoms with E-state index in [0.717, 1.165) is 17.6 Å². The second-order valence-electron chi connectivity index (χ2n) is 5.04. The van der Waals surface area contributed by atoms with Crippen LogP contribution in [-0.2, 0) is 10.0 Å². The number of hydrogen-bond acceptors (Lipinski definition) is 5. The summed E-state index contributed by atoms with van der Waals surface area (Å²) in [5.74, 6) is 0.640. The van der Waals surface area contributed by atoms with Gasteiger partial charge in [-0.15, -0.1) is 0 Å². The number of sulfonamides is 1. The molecular formula is C11H20N4O2S. The van der Waals surface area contributed by atoms with Gasteiger partial charge in [0.25, 0.3) is 0 Å². The summed E-state index contributed by atoms with van der Waals surface area (Å²) in [5, 5.41) is 3.08. The fourth-order valence-corrected chi connectivity index (χ4v) is 2.55. The Morgan fingerprint density at radius 3 is 2.39 bits per heavy atom. The van der Waals surface area contributed by atoms with E-state index in [9.17, 15) is 8.42 Å². The Labute approximate surface area is 108 Å². The van der Waals surface area contributed by atoms with Gasteiger partial charge in [0.2, 0.25) is 10.0 Å². The van der Waals surface area contributed by atoms with E-state index in [-0.39, 0.29) is 0 Å². The monoisotopic (exact) mass is 272 g/mol. The Kier molecular flexibility index (Phi) is 4.28. The summed E-state index contributed by atoms with van der Waals surface area (Å²) in [6, 6.07) is 0. The average molecular weight is 272 g/mol. The second kappa shape index (κ2) is 5.19. The molecule has 0 radical (unpaired) electrons. The number of nitrogens with one attached hydrogen (secondary N) is 2. The van der Waals surface area contributed by atoms with Gasteiger partial charge in [0.15, 0.2) is 0 Å². The highest BCUT2D eigenvalue weighted by Gasteiger charge is 2.21. The van der Waals surface area contributed by atoms with Crippen LogP contribution in [-0.4, -0.2) is 36.7 Å². The quantitative estimate of drug-likeness (QED) is 0.829. The zero-order valence-corrected chi connectivity index (χ0v) is 12.2. The van der Waals surface area contributed by atoms with Crippen LogP contribution in [0, 0.1) is 13.8 Å². The van der Waals surface area contributed by atoms with Gasteiger partial charge in [0.05, 0.1) is 23.8 Å². The molecule has 0 bridgehead atoms. The van der Waals surface area contributed by atoms with Crippen LogP contribution in [0.4, 0.5) is 5.82 Å². The number of rotatable bonds is 5. The van der Waals surface area contributed by atoms with Crippen molar-refractivity contribution in [3.8, 4) is 0 Å². The van der Waals surface area contributed by atoms with Crippen LogP contribution in [0.3, 0.4) is 0 Å². The Balaban J connectivity index is 2.67. The van der Waals surface area contributed by atoms with Crippen molar-refractivity contribution in [1.29, 1.82) is 0 Å². The van der Waals surface area contributed by atoms with Crippen LogP contribution in [0.2, 0.25) is 0 Å². The molecule has 1 aromatic rings. The third kappa shape index (κ3) is 4.97. The summed E-state index contributed by atoms with van der Waals surface area (Å²) < 4.78 is 24.9. The molecule has 0 spiro atoms. The molecule has 1 rings (SSSR count). The minimum absolute atomic E-state index is 0.428. The van der Waals surface area contributed by atoms with Crippen molar-refractivity contribution in [3.63, 3.8) is 0 Å². The molecule has 0 saturated heterocycles. The maximum atomic E-state index is 11.2. The summed E-state index contributed by atoms with van der Waals surface area (Å²) in [6.07, 6.45) is 2.78. The molecule has 0 fully saturated rings. The van der Waals surface area contributed by atoms with E-state index >= 15 is 0 Å². The topological polar surface area (TPSA) is 84.0 Å². The van der Waals surface area contributed by atoms with Crippen LogP contribution in [0.15, 0.2) is 6.20 Å². The number of aryl methyl sites for hydroxylation is 2. The molecule has 0 aromatic carbocycles. The van der Waals surface area contributed by atoms with Crippen molar-refractivity contribution >= 4 is 15.8 Å². The molecule has 1 heterocycles. The molecule has 0 aliphatic rings. The molecule has 0 atom stereocenters. The molecule has 0 amide bonds. The van der Waals surface area contributed by atoms with Gasteiger partial charge in [-0.3, -0.25) is 4.98 Å². The minimum Gasteiger partial charge on any atom is -0.367 e. The van der Waals surface area contributed by atoms with Crippen molar-refractivity contribution in [3.05, 3.63) is 17.6 Å². The molecule has 0 aliphatic carbocycles. The Hall–Kier alpha value is -1.21. The number of hydrogen-bond donors (Lipinski definition) is 2. The van der Waals surface area contributed by atoms with E-state index in [1.807, 2.05) is 13.8 Å². The van der Waals surface area contributed by atoms with Crippen LogP contribution in [0.5, 0.6) is 0 Å². The molecule has 0 aliphatic heterocycles. The number of aromatic nitrogens is 2. The molecule has 0 unspecified atom stereocenters. The van der Waals surface area contributed by atoms with Gasteiger partial charge in [-0.1, -0.05) is 0 Å². The molecule has 2 N–H and O–H groups in total. The first-order chi connectivity index (χ1) is 8.09. The summed E-state index contributed by atoms with van der Waals surface area (Å²) >= 11 is 0. The van der Waals surface area contributed by atoms with Gasteiger partial charge >= 0.3 is 0 Å². The van der Waals surface area contributed by atoms with Crippen LogP contribution in [0.25, 0.3) is 0 Å². The molecule has 0 saturated carbocycles. The normalized spacial score (nSPS) is 12.5. The van der Waals surface area contributed by atoms with E-state index in [1.165, 1.54) is 0 Å². The van der Waals surface area contributed by atoms with E-state index in [4.69, 9.17) is 0 Å². The summed E-state index contributed by atoms with van der Waals surface area (Å²) in [6.45, 7) is 7.80. The lowest BCUT2D eigenvalue weighted by Gasteiger charge is -2.25. The van der Waals surface area contributed by atoms with Crippen molar-refractivity contribution in [2.45, 2.75) is 33.2 Å². The summed E-state index contributed by atoms with van der Waals surface area (Å²) in [7, 11) is -3.23. The van der Waals surface area contributed by atoms with E-state index in [1.54, 1.807) is 20.0 Å². The standard InChI is InChI=1S/C11H20N4O2S/c1-8-9(2)14-10(6-12-8)13-7-11(3,4)15-18(5,16)17/h6,15H,7H2,1-5H3,(H,13,14).